The number of rotatable bonds is 2. The van der Waals surface area contributed by atoms with E-state index in [9.17, 15) is 0 Å². The Morgan fingerprint density at radius 3 is 2.16 bits per heavy atom. The molecule has 0 aliphatic heterocycles. The first-order valence-corrected chi connectivity index (χ1v) is 11.2. The van der Waals surface area contributed by atoms with Crippen LogP contribution in [-0.4, -0.2) is 4.57 Å². The highest BCUT2D eigenvalue weighted by Crippen LogP contribution is 2.44. The third-order valence-corrected chi connectivity index (χ3v) is 6.82. The Balaban J connectivity index is 1.51. The molecule has 1 aromatic heterocycles. The molecule has 0 saturated carbocycles. The molecule has 7 rings (SSSR count). The summed E-state index contributed by atoms with van der Waals surface area (Å²) in [5.41, 5.74) is 11.9. The van der Waals surface area contributed by atoms with E-state index in [0.29, 0.717) is 0 Å². The van der Waals surface area contributed by atoms with Gasteiger partial charge in [-0.2, -0.15) is 0 Å². The Hall–Kier alpha value is -4.10. The molecular formula is C31H21N. The van der Waals surface area contributed by atoms with E-state index in [1.807, 2.05) is 0 Å². The summed E-state index contributed by atoms with van der Waals surface area (Å²) in [6.07, 6.45) is 1.02. The standard InChI is InChI=1S/C31H21N/c1-2-11-24(12-3-1)32-29-16-7-6-14-27(29)28-20-22(17-18-30(28)32)26-15-8-10-23-19-21-9-4-5-13-25(21)31(23)26/h1-18,20H,19H2. The lowest BCUT2D eigenvalue weighted by Gasteiger charge is -2.11. The normalized spacial score (nSPS) is 12.2. The van der Waals surface area contributed by atoms with Gasteiger partial charge in [0.25, 0.3) is 0 Å². The highest BCUT2D eigenvalue weighted by atomic mass is 15.0. The van der Waals surface area contributed by atoms with Crippen molar-refractivity contribution in [1.29, 1.82) is 0 Å². The van der Waals surface area contributed by atoms with E-state index in [-0.39, 0.29) is 0 Å². The Morgan fingerprint density at radius 2 is 1.22 bits per heavy atom. The molecule has 0 radical (unpaired) electrons. The zero-order valence-electron chi connectivity index (χ0n) is 17.6. The zero-order valence-corrected chi connectivity index (χ0v) is 17.6. The molecule has 6 aromatic rings. The van der Waals surface area contributed by atoms with Crippen molar-refractivity contribution in [1.82, 2.24) is 4.57 Å². The lowest BCUT2D eigenvalue weighted by molar-refractivity contribution is 1.18. The Kier molecular flexibility index (Phi) is 3.68. The van der Waals surface area contributed by atoms with Crippen molar-refractivity contribution in [2.75, 3.05) is 0 Å². The number of benzene rings is 5. The maximum Gasteiger partial charge on any atom is 0.0541 e. The first-order chi connectivity index (χ1) is 15.9. The van der Waals surface area contributed by atoms with Crippen molar-refractivity contribution in [3.05, 3.63) is 126 Å². The van der Waals surface area contributed by atoms with Crippen LogP contribution in [0.1, 0.15) is 11.1 Å². The van der Waals surface area contributed by atoms with Gasteiger partial charge >= 0.3 is 0 Å². The van der Waals surface area contributed by atoms with Crippen LogP contribution in [0.15, 0.2) is 115 Å². The van der Waals surface area contributed by atoms with Crippen LogP contribution in [0, 0.1) is 0 Å². The SMILES string of the molecule is c1ccc(-n2c3ccccc3c3cc(-c4cccc5c4-c4ccccc4C5)ccc32)cc1. The first kappa shape index (κ1) is 17.6. The summed E-state index contributed by atoms with van der Waals surface area (Å²) in [5, 5.41) is 2.59. The summed E-state index contributed by atoms with van der Waals surface area (Å²) in [6, 6.07) is 41.9. The fraction of sp³-hybridized carbons (Fsp3) is 0.0323. The Labute approximate surface area is 187 Å². The van der Waals surface area contributed by atoms with E-state index in [0.717, 1.165) is 6.42 Å². The molecule has 0 bridgehead atoms. The number of para-hydroxylation sites is 2. The molecule has 1 aliphatic rings. The highest BCUT2D eigenvalue weighted by Gasteiger charge is 2.22. The monoisotopic (exact) mass is 407 g/mol. The molecule has 32 heavy (non-hydrogen) atoms. The average molecular weight is 408 g/mol. The van der Waals surface area contributed by atoms with Gasteiger partial charge in [-0.05, 0) is 70.1 Å². The predicted molar refractivity (Wildman–Crippen MR) is 134 cm³/mol. The van der Waals surface area contributed by atoms with Gasteiger partial charge in [-0.1, -0.05) is 84.9 Å². The van der Waals surface area contributed by atoms with Crippen LogP contribution < -0.4 is 0 Å². The number of hydrogen-bond donors (Lipinski definition) is 0. The van der Waals surface area contributed by atoms with Crippen molar-refractivity contribution >= 4 is 21.8 Å². The molecule has 150 valence electrons. The van der Waals surface area contributed by atoms with E-state index in [1.54, 1.807) is 0 Å². The molecule has 0 saturated heterocycles. The van der Waals surface area contributed by atoms with E-state index in [1.165, 1.54) is 60.9 Å². The van der Waals surface area contributed by atoms with E-state index in [4.69, 9.17) is 0 Å². The average Bonchev–Trinajstić information content (AvgIpc) is 3.40. The number of fused-ring (bicyclic) bond motifs is 6. The van der Waals surface area contributed by atoms with Gasteiger partial charge in [0.2, 0.25) is 0 Å². The third kappa shape index (κ3) is 2.45. The van der Waals surface area contributed by atoms with Crippen LogP contribution in [0.3, 0.4) is 0 Å². The minimum Gasteiger partial charge on any atom is -0.309 e. The van der Waals surface area contributed by atoms with Crippen LogP contribution in [0.25, 0.3) is 49.7 Å². The molecule has 0 fully saturated rings. The van der Waals surface area contributed by atoms with Crippen LogP contribution >= 0.6 is 0 Å². The Morgan fingerprint density at radius 1 is 0.500 bits per heavy atom. The molecule has 1 aliphatic carbocycles. The molecule has 0 amide bonds. The molecule has 1 nitrogen and oxygen atoms in total. The smallest absolute Gasteiger partial charge is 0.0541 e. The highest BCUT2D eigenvalue weighted by molar-refractivity contribution is 6.11. The number of hydrogen-bond acceptors (Lipinski definition) is 0. The quantitative estimate of drug-likeness (QED) is 0.273. The van der Waals surface area contributed by atoms with Crippen molar-refractivity contribution in [2.45, 2.75) is 6.42 Å². The van der Waals surface area contributed by atoms with Gasteiger partial charge in [-0.15, -0.1) is 0 Å². The van der Waals surface area contributed by atoms with Crippen molar-refractivity contribution in [3.63, 3.8) is 0 Å². The van der Waals surface area contributed by atoms with E-state index < -0.39 is 0 Å². The molecule has 0 N–H and O–H groups in total. The Bertz CT molecular complexity index is 1640. The van der Waals surface area contributed by atoms with Gasteiger partial charge in [-0.25, -0.2) is 0 Å². The fourth-order valence-corrected chi connectivity index (χ4v) is 5.43. The molecule has 0 unspecified atom stereocenters. The topological polar surface area (TPSA) is 4.93 Å². The van der Waals surface area contributed by atoms with Crippen LogP contribution in [0.5, 0.6) is 0 Å². The van der Waals surface area contributed by atoms with Gasteiger partial charge in [0, 0.05) is 16.5 Å². The maximum atomic E-state index is 2.38. The lowest BCUT2D eigenvalue weighted by Crippen LogP contribution is -1.93. The first-order valence-electron chi connectivity index (χ1n) is 11.2. The summed E-state index contributed by atoms with van der Waals surface area (Å²) in [6.45, 7) is 0. The zero-order chi connectivity index (χ0) is 21.1. The molecule has 1 heterocycles. The second-order valence-corrected chi connectivity index (χ2v) is 8.59. The molecular weight excluding hydrogens is 386 g/mol. The summed E-state index contributed by atoms with van der Waals surface area (Å²) in [5.74, 6) is 0. The summed E-state index contributed by atoms with van der Waals surface area (Å²) < 4.78 is 2.37. The molecule has 5 aromatic carbocycles. The number of aromatic nitrogens is 1. The van der Waals surface area contributed by atoms with Gasteiger partial charge in [0.05, 0.1) is 11.0 Å². The van der Waals surface area contributed by atoms with Crippen LogP contribution in [-0.2, 0) is 6.42 Å². The van der Waals surface area contributed by atoms with Gasteiger partial charge in [0.1, 0.15) is 0 Å². The largest absolute Gasteiger partial charge is 0.309 e. The van der Waals surface area contributed by atoms with Gasteiger partial charge in [-0.3, -0.25) is 0 Å². The minimum absolute atomic E-state index is 1.02. The number of nitrogens with zero attached hydrogens (tertiary/aromatic N) is 1. The summed E-state index contributed by atoms with van der Waals surface area (Å²) in [4.78, 5) is 0. The molecule has 0 spiro atoms. The van der Waals surface area contributed by atoms with E-state index in [2.05, 4.69) is 120 Å². The summed E-state index contributed by atoms with van der Waals surface area (Å²) >= 11 is 0. The second-order valence-electron chi connectivity index (χ2n) is 8.59. The van der Waals surface area contributed by atoms with Gasteiger partial charge < -0.3 is 4.57 Å². The van der Waals surface area contributed by atoms with E-state index >= 15 is 0 Å². The lowest BCUT2D eigenvalue weighted by atomic mass is 9.93. The van der Waals surface area contributed by atoms with Crippen molar-refractivity contribution in [2.24, 2.45) is 0 Å². The molecule has 0 atom stereocenters. The fourth-order valence-electron chi connectivity index (χ4n) is 5.43. The van der Waals surface area contributed by atoms with Crippen LogP contribution in [0.4, 0.5) is 0 Å². The second kappa shape index (κ2) is 6.70. The van der Waals surface area contributed by atoms with Crippen molar-refractivity contribution in [3.8, 4) is 27.9 Å². The predicted octanol–water partition coefficient (Wildman–Crippen LogP) is 8.02. The maximum absolute atomic E-state index is 2.38. The van der Waals surface area contributed by atoms with Gasteiger partial charge in [0.15, 0.2) is 0 Å². The van der Waals surface area contributed by atoms with Crippen LogP contribution in [0.2, 0.25) is 0 Å². The third-order valence-electron chi connectivity index (χ3n) is 6.82. The molecule has 1 heteroatoms. The summed E-state index contributed by atoms with van der Waals surface area (Å²) in [7, 11) is 0. The minimum atomic E-state index is 1.02. The van der Waals surface area contributed by atoms with Crippen molar-refractivity contribution < 1.29 is 0 Å².